The maximum atomic E-state index is 12.6. The number of nitrogens with zero attached hydrogens (tertiary/aromatic N) is 2. The highest BCUT2D eigenvalue weighted by atomic mass is 16.2. The second-order valence-electron chi connectivity index (χ2n) is 6.02. The maximum absolute atomic E-state index is 12.6. The van der Waals surface area contributed by atoms with Gasteiger partial charge in [-0.25, -0.2) is 0 Å². The highest BCUT2D eigenvalue weighted by Crippen LogP contribution is 2.20. The molecule has 4 nitrogen and oxygen atoms in total. The first-order valence-electron chi connectivity index (χ1n) is 8.19. The van der Waals surface area contributed by atoms with Crippen molar-refractivity contribution in [2.45, 2.75) is 25.7 Å². The Labute approximate surface area is 127 Å². The molecule has 1 N–H and O–H groups in total. The molecule has 114 valence electrons. The van der Waals surface area contributed by atoms with Crippen LogP contribution in [0.1, 0.15) is 36.0 Å². The molecule has 0 aliphatic carbocycles. The number of rotatable bonds is 5. The zero-order chi connectivity index (χ0) is 14.5. The number of amides is 1. The van der Waals surface area contributed by atoms with Gasteiger partial charge in [-0.05, 0) is 50.9 Å². The molecule has 1 aromatic carbocycles. The summed E-state index contributed by atoms with van der Waals surface area (Å²) in [5.41, 5.74) is 1.80. The molecule has 0 aromatic heterocycles. The Balaban J connectivity index is 1.60. The van der Waals surface area contributed by atoms with E-state index in [9.17, 15) is 4.79 Å². The van der Waals surface area contributed by atoms with E-state index in [4.69, 9.17) is 0 Å². The number of hydrogen-bond acceptors (Lipinski definition) is 3. The van der Waals surface area contributed by atoms with E-state index in [1.54, 1.807) is 0 Å². The standard InChI is InChI=1S/C17H25N3O/c21-17(20-12-5-6-13-20)15-7-1-2-8-16(15)18-9-14-19-10-3-4-11-19/h1-2,7-8,18H,3-6,9-14H2. The molecule has 2 aliphatic heterocycles. The van der Waals surface area contributed by atoms with E-state index in [2.05, 4.69) is 10.2 Å². The molecule has 0 unspecified atom stereocenters. The number of para-hydroxylation sites is 1. The predicted molar refractivity (Wildman–Crippen MR) is 85.7 cm³/mol. The minimum Gasteiger partial charge on any atom is -0.383 e. The number of likely N-dealkylation sites (tertiary alicyclic amines) is 2. The fraction of sp³-hybridized carbons (Fsp3) is 0.588. The smallest absolute Gasteiger partial charge is 0.255 e. The van der Waals surface area contributed by atoms with E-state index in [1.165, 1.54) is 25.9 Å². The van der Waals surface area contributed by atoms with Gasteiger partial charge in [0.25, 0.3) is 5.91 Å². The molecule has 0 radical (unpaired) electrons. The topological polar surface area (TPSA) is 35.6 Å². The summed E-state index contributed by atoms with van der Waals surface area (Å²) < 4.78 is 0. The Bertz CT molecular complexity index is 477. The lowest BCUT2D eigenvalue weighted by atomic mass is 10.1. The summed E-state index contributed by atoms with van der Waals surface area (Å²) in [6.45, 7) is 6.21. The third kappa shape index (κ3) is 3.56. The predicted octanol–water partition coefficient (Wildman–Crippen LogP) is 2.43. The summed E-state index contributed by atoms with van der Waals surface area (Å²) in [7, 11) is 0. The van der Waals surface area contributed by atoms with Crippen molar-refractivity contribution in [1.29, 1.82) is 0 Å². The van der Waals surface area contributed by atoms with Crippen LogP contribution in [0.2, 0.25) is 0 Å². The second-order valence-corrected chi connectivity index (χ2v) is 6.02. The zero-order valence-corrected chi connectivity index (χ0v) is 12.7. The summed E-state index contributed by atoms with van der Waals surface area (Å²) >= 11 is 0. The molecule has 2 aliphatic rings. The van der Waals surface area contributed by atoms with Crippen molar-refractivity contribution in [2.75, 3.05) is 44.6 Å². The van der Waals surface area contributed by atoms with Crippen LogP contribution in [0.15, 0.2) is 24.3 Å². The molecule has 2 saturated heterocycles. The molecule has 0 atom stereocenters. The molecular weight excluding hydrogens is 262 g/mol. The first-order valence-corrected chi connectivity index (χ1v) is 8.19. The van der Waals surface area contributed by atoms with Gasteiger partial charge in [-0.2, -0.15) is 0 Å². The van der Waals surface area contributed by atoms with Crippen LogP contribution in [0.5, 0.6) is 0 Å². The van der Waals surface area contributed by atoms with Gasteiger partial charge < -0.3 is 15.1 Å². The lowest BCUT2D eigenvalue weighted by Gasteiger charge is -2.19. The zero-order valence-electron chi connectivity index (χ0n) is 12.7. The summed E-state index contributed by atoms with van der Waals surface area (Å²) in [5.74, 6) is 0.178. The Kier molecular flexibility index (Phi) is 4.76. The molecule has 1 amide bonds. The summed E-state index contributed by atoms with van der Waals surface area (Å²) in [6.07, 6.45) is 4.92. The van der Waals surface area contributed by atoms with Gasteiger partial charge in [0.1, 0.15) is 0 Å². The van der Waals surface area contributed by atoms with Crippen LogP contribution < -0.4 is 5.32 Å². The van der Waals surface area contributed by atoms with Gasteiger partial charge in [-0.1, -0.05) is 12.1 Å². The average Bonchev–Trinajstić information content (AvgIpc) is 3.20. The van der Waals surface area contributed by atoms with Crippen molar-refractivity contribution in [2.24, 2.45) is 0 Å². The van der Waals surface area contributed by atoms with E-state index in [0.29, 0.717) is 0 Å². The first kappa shape index (κ1) is 14.4. The van der Waals surface area contributed by atoms with Gasteiger partial charge in [0, 0.05) is 31.9 Å². The van der Waals surface area contributed by atoms with Crippen molar-refractivity contribution in [3.05, 3.63) is 29.8 Å². The number of benzene rings is 1. The van der Waals surface area contributed by atoms with E-state index in [1.807, 2.05) is 29.2 Å². The Morgan fingerprint density at radius 1 is 1.00 bits per heavy atom. The summed E-state index contributed by atoms with van der Waals surface area (Å²) in [5, 5.41) is 3.46. The van der Waals surface area contributed by atoms with E-state index in [0.717, 1.165) is 50.3 Å². The quantitative estimate of drug-likeness (QED) is 0.903. The molecule has 1 aromatic rings. The Hall–Kier alpha value is -1.55. The van der Waals surface area contributed by atoms with Crippen LogP contribution in [-0.4, -0.2) is 55.0 Å². The van der Waals surface area contributed by atoms with Crippen molar-refractivity contribution in [3.63, 3.8) is 0 Å². The minimum absolute atomic E-state index is 0.178. The Morgan fingerprint density at radius 2 is 1.67 bits per heavy atom. The maximum Gasteiger partial charge on any atom is 0.255 e. The van der Waals surface area contributed by atoms with Gasteiger partial charge in [0.05, 0.1) is 5.56 Å². The lowest BCUT2D eigenvalue weighted by Crippen LogP contribution is -2.29. The molecule has 0 bridgehead atoms. The van der Waals surface area contributed by atoms with Crippen LogP contribution in [-0.2, 0) is 0 Å². The monoisotopic (exact) mass is 287 g/mol. The summed E-state index contributed by atoms with van der Waals surface area (Å²) in [4.78, 5) is 17.0. The molecule has 2 heterocycles. The molecule has 0 spiro atoms. The van der Waals surface area contributed by atoms with Crippen LogP contribution in [0.3, 0.4) is 0 Å². The number of nitrogens with one attached hydrogen (secondary N) is 1. The molecule has 2 fully saturated rings. The van der Waals surface area contributed by atoms with Gasteiger partial charge in [-0.15, -0.1) is 0 Å². The largest absolute Gasteiger partial charge is 0.383 e. The highest BCUT2D eigenvalue weighted by Gasteiger charge is 2.21. The van der Waals surface area contributed by atoms with Gasteiger partial charge in [0.2, 0.25) is 0 Å². The highest BCUT2D eigenvalue weighted by molar-refractivity contribution is 5.99. The van der Waals surface area contributed by atoms with E-state index >= 15 is 0 Å². The third-order valence-electron chi connectivity index (χ3n) is 4.49. The number of anilines is 1. The number of carbonyl (C=O) groups is 1. The molecule has 21 heavy (non-hydrogen) atoms. The van der Waals surface area contributed by atoms with Gasteiger partial charge in [0.15, 0.2) is 0 Å². The van der Waals surface area contributed by atoms with Crippen molar-refractivity contribution >= 4 is 11.6 Å². The normalized spacial score (nSPS) is 19.1. The first-order chi connectivity index (χ1) is 10.3. The SMILES string of the molecule is O=C(c1ccccc1NCCN1CCCC1)N1CCCC1. The lowest BCUT2D eigenvalue weighted by molar-refractivity contribution is 0.0793. The number of hydrogen-bond donors (Lipinski definition) is 1. The average molecular weight is 287 g/mol. The van der Waals surface area contributed by atoms with Crippen molar-refractivity contribution in [3.8, 4) is 0 Å². The van der Waals surface area contributed by atoms with Crippen LogP contribution in [0, 0.1) is 0 Å². The van der Waals surface area contributed by atoms with E-state index < -0.39 is 0 Å². The molecule has 3 rings (SSSR count). The van der Waals surface area contributed by atoms with Gasteiger partial charge in [-0.3, -0.25) is 4.79 Å². The molecule has 0 saturated carbocycles. The van der Waals surface area contributed by atoms with Crippen LogP contribution in [0.25, 0.3) is 0 Å². The summed E-state index contributed by atoms with van der Waals surface area (Å²) in [6, 6.07) is 7.92. The minimum atomic E-state index is 0.178. The van der Waals surface area contributed by atoms with E-state index in [-0.39, 0.29) is 5.91 Å². The fourth-order valence-electron chi connectivity index (χ4n) is 3.27. The van der Waals surface area contributed by atoms with Crippen molar-refractivity contribution < 1.29 is 4.79 Å². The number of carbonyl (C=O) groups excluding carboxylic acids is 1. The fourth-order valence-corrected chi connectivity index (χ4v) is 3.27. The molecule has 4 heteroatoms. The Morgan fingerprint density at radius 3 is 2.43 bits per heavy atom. The van der Waals surface area contributed by atoms with Gasteiger partial charge >= 0.3 is 0 Å². The van der Waals surface area contributed by atoms with Crippen LogP contribution >= 0.6 is 0 Å². The van der Waals surface area contributed by atoms with Crippen LogP contribution in [0.4, 0.5) is 5.69 Å². The second kappa shape index (κ2) is 6.94. The van der Waals surface area contributed by atoms with Crippen molar-refractivity contribution in [1.82, 2.24) is 9.80 Å². The molecular formula is C17H25N3O. The third-order valence-corrected chi connectivity index (χ3v) is 4.49.